The number of benzene rings is 2. The number of hydrogen-bond acceptors (Lipinski definition) is 2. The molecule has 0 saturated carbocycles. The van der Waals surface area contributed by atoms with Crippen molar-refractivity contribution in [3.05, 3.63) is 71.6 Å². The molecule has 1 aliphatic rings. The molecule has 2 aromatic rings. The van der Waals surface area contributed by atoms with Crippen molar-refractivity contribution in [3.8, 4) is 5.75 Å². The van der Waals surface area contributed by atoms with Crippen LogP contribution in [-0.2, 0) is 11.2 Å². The van der Waals surface area contributed by atoms with Crippen molar-refractivity contribution >= 4 is 11.5 Å². The van der Waals surface area contributed by atoms with Gasteiger partial charge in [-0.3, -0.25) is 4.79 Å². The number of carbonyl (C=O) groups is 1. The lowest BCUT2D eigenvalue weighted by atomic mass is 9.99. The molecule has 0 N–H and O–H groups in total. The molecule has 4 heteroatoms. The average Bonchev–Trinajstić information content (AvgIpc) is 2.67. The Kier molecular flexibility index (Phi) is 5.49. The van der Waals surface area contributed by atoms with E-state index in [1.807, 2.05) is 23.1 Å². The van der Waals surface area contributed by atoms with Crippen molar-refractivity contribution in [3.63, 3.8) is 0 Å². The van der Waals surface area contributed by atoms with Crippen molar-refractivity contribution < 1.29 is 13.9 Å². The summed E-state index contributed by atoms with van der Waals surface area (Å²) in [6.07, 6.45) is 3.92. The molecule has 0 bridgehead atoms. The highest BCUT2D eigenvalue weighted by atomic mass is 19.1. The molecule has 1 aliphatic heterocycles. The fourth-order valence-corrected chi connectivity index (χ4v) is 3.08. The Hall–Kier alpha value is -2.62. The predicted molar refractivity (Wildman–Crippen MR) is 96.9 cm³/mol. The number of ether oxygens (including phenoxy) is 1. The molecule has 130 valence electrons. The highest BCUT2D eigenvalue weighted by Crippen LogP contribution is 2.23. The van der Waals surface area contributed by atoms with E-state index in [1.54, 1.807) is 12.1 Å². The third-order valence-electron chi connectivity index (χ3n) is 4.55. The SMILES string of the molecule is COc1ccc(CCC(=O)N2CC=C(c3ccccc3)CC2)cc1F. The van der Waals surface area contributed by atoms with Gasteiger partial charge in [-0.15, -0.1) is 0 Å². The number of hydrogen-bond donors (Lipinski definition) is 0. The fraction of sp³-hybridized carbons (Fsp3) is 0.286. The van der Waals surface area contributed by atoms with E-state index in [2.05, 4.69) is 18.2 Å². The first-order chi connectivity index (χ1) is 12.2. The van der Waals surface area contributed by atoms with Gasteiger partial charge in [-0.2, -0.15) is 0 Å². The van der Waals surface area contributed by atoms with Crippen LogP contribution < -0.4 is 4.74 Å². The molecule has 0 saturated heterocycles. The van der Waals surface area contributed by atoms with Gasteiger partial charge in [-0.1, -0.05) is 42.5 Å². The molecular formula is C21H22FNO2. The second-order valence-corrected chi connectivity index (χ2v) is 6.15. The number of carbonyl (C=O) groups excluding carboxylic acids is 1. The van der Waals surface area contributed by atoms with Crippen LogP contribution in [0, 0.1) is 5.82 Å². The molecule has 0 atom stereocenters. The monoisotopic (exact) mass is 339 g/mol. The van der Waals surface area contributed by atoms with Gasteiger partial charge in [0.05, 0.1) is 7.11 Å². The van der Waals surface area contributed by atoms with E-state index in [-0.39, 0.29) is 17.5 Å². The van der Waals surface area contributed by atoms with Gasteiger partial charge in [0.15, 0.2) is 11.6 Å². The maximum Gasteiger partial charge on any atom is 0.223 e. The maximum atomic E-state index is 13.7. The molecule has 0 fully saturated rings. The van der Waals surface area contributed by atoms with E-state index < -0.39 is 0 Å². The van der Waals surface area contributed by atoms with Gasteiger partial charge in [-0.25, -0.2) is 4.39 Å². The number of amides is 1. The number of aryl methyl sites for hydroxylation is 1. The summed E-state index contributed by atoms with van der Waals surface area (Å²) in [7, 11) is 1.44. The summed E-state index contributed by atoms with van der Waals surface area (Å²) in [5.74, 6) is -0.0508. The number of halogens is 1. The van der Waals surface area contributed by atoms with Crippen molar-refractivity contribution in [2.75, 3.05) is 20.2 Å². The minimum absolute atomic E-state index is 0.111. The number of methoxy groups -OCH3 is 1. The van der Waals surface area contributed by atoms with E-state index in [4.69, 9.17) is 4.74 Å². The Morgan fingerprint density at radius 3 is 2.64 bits per heavy atom. The molecule has 0 unspecified atom stereocenters. The zero-order chi connectivity index (χ0) is 17.6. The van der Waals surface area contributed by atoms with E-state index in [0.717, 1.165) is 18.5 Å². The first kappa shape index (κ1) is 17.2. The first-order valence-electron chi connectivity index (χ1n) is 8.52. The third-order valence-corrected chi connectivity index (χ3v) is 4.55. The maximum absolute atomic E-state index is 13.7. The molecule has 1 amide bonds. The first-order valence-corrected chi connectivity index (χ1v) is 8.52. The van der Waals surface area contributed by atoms with Crippen LogP contribution in [0.25, 0.3) is 5.57 Å². The van der Waals surface area contributed by atoms with Gasteiger partial charge >= 0.3 is 0 Å². The van der Waals surface area contributed by atoms with Crippen molar-refractivity contribution in [2.45, 2.75) is 19.3 Å². The van der Waals surface area contributed by atoms with Crippen LogP contribution in [0.1, 0.15) is 24.0 Å². The third kappa shape index (κ3) is 4.27. The van der Waals surface area contributed by atoms with E-state index in [0.29, 0.717) is 19.4 Å². The standard InChI is InChI=1S/C21H22FNO2/c1-25-20-9-7-16(15-19(20)22)8-10-21(24)23-13-11-18(12-14-23)17-5-3-2-4-6-17/h2-7,9,11,15H,8,10,12-14H2,1H3. The Balaban J connectivity index is 1.54. The molecule has 25 heavy (non-hydrogen) atoms. The molecule has 3 rings (SSSR count). The Labute approximate surface area is 147 Å². The summed E-state index contributed by atoms with van der Waals surface area (Å²) in [4.78, 5) is 14.3. The number of nitrogens with zero attached hydrogens (tertiary/aromatic N) is 1. The van der Waals surface area contributed by atoms with Gasteiger partial charge in [0.2, 0.25) is 5.91 Å². The van der Waals surface area contributed by atoms with E-state index in [9.17, 15) is 9.18 Å². The van der Waals surface area contributed by atoms with Crippen molar-refractivity contribution in [1.82, 2.24) is 4.90 Å². The lowest BCUT2D eigenvalue weighted by molar-refractivity contribution is -0.130. The lowest BCUT2D eigenvalue weighted by Gasteiger charge is -2.27. The molecule has 0 radical (unpaired) electrons. The highest BCUT2D eigenvalue weighted by molar-refractivity contribution is 5.78. The molecule has 0 aliphatic carbocycles. The summed E-state index contributed by atoms with van der Waals surface area (Å²) in [5.41, 5.74) is 3.33. The van der Waals surface area contributed by atoms with Crippen LogP contribution in [0.4, 0.5) is 4.39 Å². The van der Waals surface area contributed by atoms with Crippen LogP contribution in [0.2, 0.25) is 0 Å². The van der Waals surface area contributed by atoms with Crippen LogP contribution in [0.3, 0.4) is 0 Å². The Morgan fingerprint density at radius 1 is 1.20 bits per heavy atom. The highest BCUT2D eigenvalue weighted by Gasteiger charge is 2.17. The van der Waals surface area contributed by atoms with Crippen LogP contribution in [0.5, 0.6) is 5.75 Å². The molecule has 1 heterocycles. The fourth-order valence-electron chi connectivity index (χ4n) is 3.08. The van der Waals surface area contributed by atoms with Gasteiger partial charge in [-0.05, 0) is 41.7 Å². The largest absolute Gasteiger partial charge is 0.494 e. The zero-order valence-electron chi connectivity index (χ0n) is 14.4. The Bertz CT molecular complexity index is 771. The second kappa shape index (κ2) is 7.97. The Morgan fingerprint density at radius 2 is 2.00 bits per heavy atom. The molecule has 3 nitrogen and oxygen atoms in total. The second-order valence-electron chi connectivity index (χ2n) is 6.15. The number of rotatable bonds is 5. The van der Waals surface area contributed by atoms with Gasteiger partial charge in [0.25, 0.3) is 0 Å². The van der Waals surface area contributed by atoms with Gasteiger partial charge in [0.1, 0.15) is 0 Å². The zero-order valence-corrected chi connectivity index (χ0v) is 14.4. The normalized spacial score (nSPS) is 14.2. The van der Waals surface area contributed by atoms with E-state index in [1.165, 1.54) is 24.3 Å². The quantitative estimate of drug-likeness (QED) is 0.821. The molecule has 0 spiro atoms. The smallest absolute Gasteiger partial charge is 0.223 e. The minimum atomic E-state index is -0.388. The molecule has 2 aromatic carbocycles. The summed E-state index contributed by atoms with van der Waals surface area (Å²) in [6, 6.07) is 15.1. The average molecular weight is 339 g/mol. The van der Waals surface area contributed by atoms with Gasteiger partial charge in [0, 0.05) is 19.5 Å². The minimum Gasteiger partial charge on any atom is -0.494 e. The van der Waals surface area contributed by atoms with Crippen LogP contribution >= 0.6 is 0 Å². The van der Waals surface area contributed by atoms with Crippen molar-refractivity contribution in [2.24, 2.45) is 0 Å². The summed E-state index contributed by atoms with van der Waals surface area (Å²) in [6.45, 7) is 1.37. The van der Waals surface area contributed by atoms with Crippen LogP contribution in [0.15, 0.2) is 54.6 Å². The van der Waals surface area contributed by atoms with Gasteiger partial charge < -0.3 is 9.64 Å². The topological polar surface area (TPSA) is 29.5 Å². The van der Waals surface area contributed by atoms with E-state index >= 15 is 0 Å². The summed E-state index contributed by atoms with van der Waals surface area (Å²) in [5, 5.41) is 0. The molecular weight excluding hydrogens is 317 g/mol. The molecule has 0 aromatic heterocycles. The predicted octanol–water partition coefficient (Wildman–Crippen LogP) is 4.08. The van der Waals surface area contributed by atoms with Crippen LogP contribution in [-0.4, -0.2) is 31.0 Å². The summed E-state index contributed by atoms with van der Waals surface area (Å²) < 4.78 is 18.6. The van der Waals surface area contributed by atoms with Crippen molar-refractivity contribution in [1.29, 1.82) is 0 Å². The summed E-state index contributed by atoms with van der Waals surface area (Å²) >= 11 is 0. The lowest BCUT2D eigenvalue weighted by Crippen LogP contribution is -2.34.